The predicted octanol–water partition coefficient (Wildman–Crippen LogP) is 9.46. The van der Waals surface area contributed by atoms with Crippen LogP contribution >= 0.6 is 0 Å². The lowest BCUT2D eigenvalue weighted by atomic mass is 9.90. The molecule has 0 aliphatic rings. The summed E-state index contributed by atoms with van der Waals surface area (Å²) in [6, 6.07) is 38.3. The van der Waals surface area contributed by atoms with Crippen LogP contribution in [-0.4, -0.2) is 0 Å². The highest BCUT2D eigenvalue weighted by Gasteiger charge is 2.20. The number of furan rings is 2. The van der Waals surface area contributed by atoms with Gasteiger partial charge in [0.05, 0.1) is 5.39 Å². The Labute approximate surface area is 194 Å². The molecule has 0 N–H and O–H groups in total. The van der Waals surface area contributed by atoms with E-state index in [1.807, 2.05) is 12.1 Å². The molecule has 0 spiro atoms. The minimum absolute atomic E-state index is 0.846. The fourth-order valence-corrected chi connectivity index (χ4v) is 5.60. The molecule has 0 bridgehead atoms. The molecule has 158 valence electrons. The van der Waals surface area contributed by atoms with Crippen LogP contribution in [0.3, 0.4) is 0 Å². The van der Waals surface area contributed by atoms with Crippen molar-refractivity contribution in [3.05, 3.63) is 109 Å². The summed E-state index contributed by atoms with van der Waals surface area (Å²) in [6.45, 7) is 0. The van der Waals surface area contributed by atoms with Gasteiger partial charge in [-0.15, -0.1) is 0 Å². The van der Waals surface area contributed by atoms with Gasteiger partial charge in [-0.2, -0.15) is 0 Å². The molecule has 8 aromatic rings. The van der Waals surface area contributed by atoms with Crippen LogP contribution in [-0.2, 0) is 0 Å². The summed E-state index contributed by atoms with van der Waals surface area (Å²) < 4.78 is 12.8. The lowest BCUT2D eigenvalue weighted by molar-refractivity contribution is 0.663. The van der Waals surface area contributed by atoms with Gasteiger partial charge < -0.3 is 8.83 Å². The Morgan fingerprint density at radius 2 is 1.06 bits per heavy atom. The smallest absolute Gasteiger partial charge is 0.147 e. The van der Waals surface area contributed by atoms with Crippen molar-refractivity contribution in [2.75, 3.05) is 0 Å². The third-order valence-corrected chi connectivity index (χ3v) is 7.05. The molecule has 0 aliphatic heterocycles. The predicted molar refractivity (Wildman–Crippen MR) is 141 cm³/mol. The van der Waals surface area contributed by atoms with E-state index in [0.29, 0.717) is 0 Å². The lowest BCUT2D eigenvalue weighted by Crippen LogP contribution is -1.86. The Bertz CT molecular complexity index is 2020. The van der Waals surface area contributed by atoms with Gasteiger partial charge in [-0.05, 0) is 63.0 Å². The topological polar surface area (TPSA) is 26.3 Å². The maximum absolute atomic E-state index is 6.44. The highest BCUT2D eigenvalue weighted by atomic mass is 16.3. The first-order valence-electron chi connectivity index (χ1n) is 11.5. The molecular weight excluding hydrogens is 416 g/mol. The number of para-hydroxylation sites is 1. The van der Waals surface area contributed by atoms with Crippen molar-refractivity contribution in [2.24, 2.45) is 0 Å². The molecule has 0 fully saturated rings. The van der Waals surface area contributed by atoms with Crippen LogP contribution in [0, 0.1) is 0 Å². The lowest BCUT2D eigenvalue weighted by Gasteiger charge is -2.13. The van der Waals surface area contributed by atoms with E-state index in [0.717, 1.165) is 49.4 Å². The van der Waals surface area contributed by atoms with E-state index >= 15 is 0 Å². The van der Waals surface area contributed by atoms with Gasteiger partial charge in [0.2, 0.25) is 0 Å². The first-order chi connectivity index (χ1) is 16.9. The Hall–Kier alpha value is -4.56. The molecule has 0 radical (unpaired) electrons. The molecular formula is C32H18O2. The van der Waals surface area contributed by atoms with Crippen LogP contribution in [0.5, 0.6) is 0 Å². The average Bonchev–Trinajstić information content (AvgIpc) is 3.45. The molecule has 8 rings (SSSR count). The zero-order valence-corrected chi connectivity index (χ0v) is 18.2. The Morgan fingerprint density at radius 3 is 1.85 bits per heavy atom. The minimum atomic E-state index is 0.846. The van der Waals surface area contributed by atoms with Crippen LogP contribution in [0.4, 0.5) is 0 Å². The van der Waals surface area contributed by atoms with E-state index in [1.54, 1.807) is 0 Å². The first-order valence-corrected chi connectivity index (χ1v) is 11.5. The van der Waals surface area contributed by atoms with E-state index in [1.165, 1.54) is 27.1 Å². The monoisotopic (exact) mass is 434 g/mol. The summed E-state index contributed by atoms with van der Waals surface area (Å²) in [7, 11) is 0. The molecule has 0 saturated carbocycles. The molecule has 34 heavy (non-hydrogen) atoms. The molecule has 0 aliphatic carbocycles. The van der Waals surface area contributed by atoms with Crippen LogP contribution in [0.15, 0.2) is 118 Å². The van der Waals surface area contributed by atoms with Crippen molar-refractivity contribution in [2.45, 2.75) is 0 Å². The van der Waals surface area contributed by atoms with Gasteiger partial charge in [0.25, 0.3) is 0 Å². The van der Waals surface area contributed by atoms with E-state index in [-0.39, 0.29) is 0 Å². The van der Waals surface area contributed by atoms with Crippen LogP contribution in [0.2, 0.25) is 0 Å². The summed E-state index contributed by atoms with van der Waals surface area (Å²) in [5, 5.41) is 9.31. The number of hydrogen-bond acceptors (Lipinski definition) is 2. The molecule has 6 aromatic carbocycles. The Kier molecular flexibility index (Phi) is 3.42. The third kappa shape index (κ3) is 2.29. The SMILES string of the molecule is c1ccc2c(-c3cccc4oc5ccc6c7ccccc7oc6c5c34)c3ccccc3cc2c1. The van der Waals surface area contributed by atoms with E-state index in [4.69, 9.17) is 8.83 Å². The largest absolute Gasteiger partial charge is 0.456 e. The molecule has 0 amide bonds. The van der Waals surface area contributed by atoms with Gasteiger partial charge in [-0.3, -0.25) is 0 Å². The van der Waals surface area contributed by atoms with Crippen molar-refractivity contribution in [3.8, 4) is 11.1 Å². The van der Waals surface area contributed by atoms with Gasteiger partial charge in [0.15, 0.2) is 0 Å². The van der Waals surface area contributed by atoms with E-state index in [2.05, 4.69) is 97.1 Å². The molecule has 2 aromatic heterocycles. The highest BCUT2D eigenvalue weighted by Crippen LogP contribution is 2.45. The normalized spacial score (nSPS) is 12.1. The van der Waals surface area contributed by atoms with Crippen LogP contribution in [0.25, 0.3) is 76.5 Å². The van der Waals surface area contributed by atoms with Gasteiger partial charge in [0, 0.05) is 16.2 Å². The summed E-state index contributed by atoms with van der Waals surface area (Å²) in [4.78, 5) is 0. The standard InChI is InChI=1S/C32H18O2/c1-3-10-21-19(8-1)18-20-9-2-4-11-22(20)29(21)25-13-7-15-27-30(25)31-28(33-27)17-16-24-23-12-5-6-14-26(23)34-32(24)31/h1-18H. The summed E-state index contributed by atoms with van der Waals surface area (Å²) in [5.74, 6) is 0. The summed E-state index contributed by atoms with van der Waals surface area (Å²) >= 11 is 0. The van der Waals surface area contributed by atoms with Gasteiger partial charge in [-0.1, -0.05) is 78.9 Å². The second-order valence-corrected chi connectivity index (χ2v) is 8.89. The summed E-state index contributed by atoms with van der Waals surface area (Å²) in [5.41, 5.74) is 5.89. The quantitative estimate of drug-likeness (QED) is 0.240. The fraction of sp³-hybridized carbons (Fsp3) is 0. The second-order valence-electron chi connectivity index (χ2n) is 8.89. The molecule has 2 nitrogen and oxygen atoms in total. The van der Waals surface area contributed by atoms with Crippen molar-refractivity contribution in [1.82, 2.24) is 0 Å². The summed E-state index contributed by atoms with van der Waals surface area (Å²) in [6.07, 6.45) is 0. The molecule has 0 atom stereocenters. The molecule has 2 heteroatoms. The zero-order chi connectivity index (χ0) is 22.2. The Morgan fingerprint density at radius 1 is 0.412 bits per heavy atom. The molecule has 0 saturated heterocycles. The minimum Gasteiger partial charge on any atom is -0.456 e. The zero-order valence-electron chi connectivity index (χ0n) is 18.2. The van der Waals surface area contributed by atoms with E-state index < -0.39 is 0 Å². The van der Waals surface area contributed by atoms with Crippen molar-refractivity contribution >= 4 is 65.4 Å². The highest BCUT2D eigenvalue weighted by molar-refractivity contribution is 6.27. The maximum Gasteiger partial charge on any atom is 0.147 e. The van der Waals surface area contributed by atoms with Crippen molar-refractivity contribution in [3.63, 3.8) is 0 Å². The first kappa shape index (κ1) is 17.9. The van der Waals surface area contributed by atoms with Crippen molar-refractivity contribution in [1.29, 1.82) is 0 Å². The van der Waals surface area contributed by atoms with Crippen LogP contribution < -0.4 is 0 Å². The molecule has 0 unspecified atom stereocenters. The number of rotatable bonds is 1. The number of fused-ring (bicyclic) bond motifs is 9. The van der Waals surface area contributed by atoms with Gasteiger partial charge in [0.1, 0.15) is 22.3 Å². The number of hydrogen-bond donors (Lipinski definition) is 0. The van der Waals surface area contributed by atoms with Crippen LogP contribution in [0.1, 0.15) is 0 Å². The van der Waals surface area contributed by atoms with Crippen molar-refractivity contribution < 1.29 is 8.83 Å². The maximum atomic E-state index is 6.44. The van der Waals surface area contributed by atoms with Gasteiger partial charge >= 0.3 is 0 Å². The Balaban J connectivity index is 1.63. The molecule has 2 heterocycles. The third-order valence-electron chi connectivity index (χ3n) is 7.05. The van der Waals surface area contributed by atoms with E-state index in [9.17, 15) is 0 Å². The average molecular weight is 434 g/mol. The second kappa shape index (κ2) is 6.49. The van der Waals surface area contributed by atoms with Gasteiger partial charge in [-0.25, -0.2) is 0 Å². The fourth-order valence-electron chi connectivity index (χ4n) is 5.60. The number of benzene rings is 6.